The van der Waals surface area contributed by atoms with Gasteiger partial charge in [0.1, 0.15) is 6.07 Å². The first-order valence-corrected chi connectivity index (χ1v) is 7.79. The summed E-state index contributed by atoms with van der Waals surface area (Å²) in [4.78, 5) is 28.3. The molecule has 1 aromatic rings. The van der Waals surface area contributed by atoms with Gasteiger partial charge < -0.3 is 9.80 Å². The lowest BCUT2D eigenvalue weighted by molar-refractivity contribution is -0.136. The molecule has 2 amide bonds. The molecule has 0 saturated carbocycles. The van der Waals surface area contributed by atoms with E-state index in [2.05, 4.69) is 6.07 Å². The summed E-state index contributed by atoms with van der Waals surface area (Å²) in [5, 5.41) is 9.18. The van der Waals surface area contributed by atoms with Crippen molar-refractivity contribution in [2.24, 2.45) is 5.92 Å². The number of carbonyl (C=O) groups excluding carboxylic acids is 2. The summed E-state index contributed by atoms with van der Waals surface area (Å²) in [5.41, 5.74) is 1.09. The first-order valence-electron chi connectivity index (χ1n) is 7.79. The maximum atomic E-state index is 12.6. The Morgan fingerprint density at radius 1 is 1.18 bits per heavy atom. The van der Waals surface area contributed by atoms with Crippen LogP contribution in [-0.2, 0) is 9.59 Å². The lowest BCUT2D eigenvalue weighted by atomic mass is 10.0. The minimum Gasteiger partial charge on any atom is -0.342 e. The van der Waals surface area contributed by atoms with Crippen molar-refractivity contribution in [3.8, 4) is 6.07 Å². The fraction of sp³-hybridized carbons (Fsp3) is 0.471. The number of nitrogens with zero attached hydrogens (tertiary/aromatic N) is 3. The molecule has 22 heavy (non-hydrogen) atoms. The van der Waals surface area contributed by atoms with Gasteiger partial charge in [0.25, 0.3) is 0 Å². The molecule has 5 heteroatoms. The third-order valence-electron chi connectivity index (χ3n) is 4.46. The van der Waals surface area contributed by atoms with E-state index in [9.17, 15) is 14.9 Å². The molecule has 2 fully saturated rings. The lowest BCUT2D eigenvalue weighted by Crippen LogP contribution is -2.40. The van der Waals surface area contributed by atoms with Crippen LogP contribution in [0.4, 0.5) is 5.69 Å². The fourth-order valence-corrected chi connectivity index (χ4v) is 3.28. The van der Waals surface area contributed by atoms with Gasteiger partial charge >= 0.3 is 0 Å². The van der Waals surface area contributed by atoms with Gasteiger partial charge in [-0.3, -0.25) is 9.59 Å². The quantitative estimate of drug-likeness (QED) is 0.837. The molecule has 0 N–H and O–H groups in total. The summed E-state index contributed by atoms with van der Waals surface area (Å²) < 4.78 is 0. The Hall–Kier alpha value is -2.35. The van der Waals surface area contributed by atoms with Gasteiger partial charge in [-0.15, -0.1) is 0 Å². The van der Waals surface area contributed by atoms with Gasteiger partial charge in [0, 0.05) is 26.1 Å². The van der Waals surface area contributed by atoms with Crippen molar-refractivity contribution in [2.75, 3.05) is 24.5 Å². The molecular weight excluding hydrogens is 278 g/mol. The Bertz CT molecular complexity index is 629. The van der Waals surface area contributed by atoms with E-state index in [1.807, 2.05) is 11.0 Å². The minimum atomic E-state index is -0.280. The molecule has 5 nitrogen and oxygen atoms in total. The number of likely N-dealkylation sites (tertiary alicyclic amines) is 1. The Kier molecular flexibility index (Phi) is 4.10. The maximum Gasteiger partial charge on any atom is 0.228 e. The molecule has 2 heterocycles. The summed E-state index contributed by atoms with van der Waals surface area (Å²) in [6, 6.07) is 9.16. The van der Waals surface area contributed by atoms with E-state index >= 15 is 0 Å². The van der Waals surface area contributed by atoms with E-state index in [1.165, 1.54) is 6.42 Å². The molecule has 0 aromatic heterocycles. The third kappa shape index (κ3) is 2.69. The summed E-state index contributed by atoms with van der Waals surface area (Å²) in [6.45, 7) is 1.99. The molecule has 1 atom stereocenters. The number of rotatable bonds is 2. The smallest absolute Gasteiger partial charge is 0.228 e. The Balaban J connectivity index is 1.76. The maximum absolute atomic E-state index is 12.6. The topological polar surface area (TPSA) is 64.4 Å². The van der Waals surface area contributed by atoms with Crippen LogP contribution >= 0.6 is 0 Å². The normalized spacial score (nSPS) is 21.8. The molecule has 3 rings (SSSR count). The van der Waals surface area contributed by atoms with Gasteiger partial charge in [-0.25, -0.2) is 0 Å². The monoisotopic (exact) mass is 297 g/mol. The van der Waals surface area contributed by atoms with E-state index in [0.717, 1.165) is 25.9 Å². The van der Waals surface area contributed by atoms with Crippen LogP contribution in [0.15, 0.2) is 24.3 Å². The molecule has 2 aliphatic heterocycles. The zero-order valence-corrected chi connectivity index (χ0v) is 12.5. The van der Waals surface area contributed by atoms with Gasteiger partial charge in [-0.05, 0) is 31.4 Å². The number of amides is 2. The molecule has 0 aliphatic carbocycles. The number of nitriles is 1. The number of anilines is 1. The van der Waals surface area contributed by atoms with E-state index in [0.29, 0.717) is 17.8 Å². The van der Waals surface area contributed by atoms with Crippen LogP contribution in [0.25, 0.3) is 0 Å². The number of hydrogen-bond donors (Lipinski definition) is 0. The highest BCUT2D eigenvalue weighted by Gasteiger charge is 2.38. The highest BCUT2D eigenvalue weighted by molar-refractivity contribution is 6.01. The van der Waals surface area contributed by atoms with Crippen molar-refractivity contribution < 1.29 is 9.59 Å². The van der Waals surface area contributed by atoms with Crippen molar-refractivity contribution in [3.05, 3.63) is 29.8 Å². The SMILES string of the molecule is N#Cc1ccccc1N1CC(C(=O)N2CCCCC2)CC1=O. The largest absolute Gasteiger partial charge is 0.342 e. The molecule has 0 radical (unpaired) electrons. The van der Waals surface area contributed by atoms with Crippen molar-refractivity contribution in [2.45, 2.75) is 25.7 Å². The number of hydrogen-bond acceptors (Lipinski definition) is 3. The summed E-state index contributed by atoms with van der Waals surface area (Å²) in [5.74, 6) is -0.264. The Labute approximate surface area is 130 Å². The standard InChI is InChI=1S/C17H19N3O2/c18-11-13-6-2-3-7-15(13)20-12-14(10-16(20)21)17(22)19-8-4-1-5-9-19/h2-3,6-7,14H,1,4-5,8-10,12H2. The van der Waals surface area contributed by atoms with E-state index in [-0.39, 0.29) is 24.2 Å². The number of benzene rings is 1. The highest BCUT2D eigenvalue weighted by Crippen LogP contribution is 2.29. The van der Waals surface area contributed by atoms with Gasteiger partial charge in [0.15, 0.2) is 0 Å². The van der Waals surface area contributed by atoms with E-state index in [1.54, 1.807) is 23.1 Å². The van der Waals surface area contributed by atoms with Crippen LogP contribution in [-0.4, -0.2) is 36.3 Å². The second-order valence-electron chi connectivity index (χ2n) is 5.92. The molecule has 114 valence electrons. The van der Waals surface area contributed by atoms with Crippen LogP contribution in [0.3, 0.4) is 0 Å². The molecule has 1 unspecified atom stereocenters. The van der Waals surface area contributed by atoms with Gasteiger partial charge in [-0.2, -0.15) is 5.26 Å². The molecule has 1 aromatic carbocycles. The lowest BCUT2D eigenvalue weighted by Gasteiger charge is -2.29. The Morgan fingerprint density at radius 3 is 2.64 bits per heavy atom. The second kappa shape index (κ2) is 6.18. The van der Waals surface area contributed by atoms with Crippen LogP contribution in [0, 0.1) is 17.2 Å². The van der Waals surface area contributed by atoms with E-state index < -0.39 is 0 Å². The second-order valence-corrected chi connectivity index (χ2v) is 5.92. The molecule has 2 aliphatic rings. The number of carbonyl (C=O) groups is 2. The average molecular weight is 297 g/mol. The zero-order valence-electron chi connectivity index (χ0n) is 12.5. The minimum absolute atomic E-state index is 0.0712. The number of piperidine rings is 1. The molecule has 0 spiro atoms. The predicted molar refractivity (Wildman–Crippen MR) is 82.0 cm³/mol. The molecule has 0 bridgehead atoms. The molecular formula is C17H19N3O2. The van der Waals surface area contributed by atoms with Gasteiger partial charge in [0.05, 0.1) is 17.2 Å². The van der Waals surface area contributed by atoms with Gasteiger partial charge in [-0.1, -0.05) is 12.1 Å². The zero-order chi connectivity index (χ0) is 15.5. The predicted octanol–water partition coefficient (Wildman–Crippen LogP) is 1.92. The summed E-state index contributed by atoms with van der Waals surface area (Å²) in [7, 11) is 0. The summed E-state index contributed by atoms with van der Waals surface area (Å²) in [6.07, 6.45) is 3.52. The van der Waals surface area contributed by atoms with Crippen molar-refractivity contribution in [3.63, 3.8) is 0 Å². The van der Waals surface area contributed by atoms with E-state index in [4.69, 9.17) is 0 Å². The Morgan fingerprint density at radius 2 is 1.91 bits per heavy atom. The molecule has 2 saturated heterocycles. The highest BCUT2D eigenvalue weighted by atomic mass is 16.2. The fourth-order valence-electron chi connectivity index (χ4n) is 3.28. The van der Waals surface area contributed by atoms with Crippen LogP contribution < -0.4 is 4.90 Å². The van der Waals surface area contributed by atoms with Crippen LogP contribution in [0.5, 0.6) is 0 Å². The van der Waals surface area contributed by atoms with Crippen molar-refractivity contribution >= 4 is 17.5 Å². The average Bonchev–Trinajstić information content (AvgIpc) is 2.96. The first-order chi connectivity index (χ1) is 10.7. The van der Waals surface area contributed by atoms with Crippen LogP contribution in [0.2, 0.25) is 0 Å². The number of para-hydroxylation sites is 1. The third-order valence-corrected chi connectivity index (χ3v) is 4.46. The summed E-state index contributed by atoms with van der Waals surface area (Å²) >= 11 is 0. The first kappa shape index (κ1) is 14.6. The van der Waals surface area contributed by atoms with Crippen molar-refractivity contribution in [1.82, 2.24) is 4.90 Å². The van der Waals surface area contributed by atoms with Crippen LogP contribution in [0.1, 0.15) is 31.2 Å². The van der Waals surface area contributed by atoms with Gasteiger partial charge in [0.2, 0.25) is 11.8 Å². The van der Waals surface area contributed by atoms with Crippen molar-refractivity contribution in [1.29, 1.82) is 5.26 Å².